The largest absolute Gasteiger partial charge is 0.476 e. The van der Waals surface area contributed by atoms with Gasteiger partial charge in [0.05, 0.1) is 5.69 Å². The lowest BCUT2D eigenvalue weighted by molar-refractivity contribution is -0.124. The topological polar surface area (TPSA) is 106 Å². The lowest BCUT2D eigenvalue weighted by Gasteiger charge is -2.16. The lowest BCUT2D eigenvalue weighted by atomic mass is 10.1. The third kappa shape index (κ3) is 4.25. The Morgan fingerprint density at radius 1 is 1.38 bits per heavy atom. The van der Waals surface area contributed by atoms with Gasteiger partial charge in [0.2, 0.25) is 5.91 Å². The lowest BCUT2D eigenvalue weighted by Crippen LogP contribution is -2.33. The SMILES string of the molecule is COCCCNC(=O)C(C)n1nnc(C(=O)O)c1C(C)C. The smallest absolute Gasteiger partial charge is 0.358 e. The van der Waals surface area contributed by atoms with E-state index in [-0.39, 0.29) is 17.5 Å². The molecule has 0 saturated carbocycles. The number of carboxylic acids is 1. The van der Waals surface area contributed by atoms with E-state index < -0.39 is 12.0 Å². The Balaban J connectivity index is 2.84. The van der Waals surface area contributed by atoms with E-state index in [1.807, 2.05) is 13.8 Å². The van der Waals surface area contributed by atoms with Gasteiger partial charge in [-0.2, -0.15) is 0 Å². The van der Waals surface area contributed by atoms with Crippen LogP contribution in [0.15, 0.2) is 0 Å². The zero-order chi connectivity index (χ0) is 16.0. The molecule has 0 aliphatic heterocycles. The summed E-state index contributed by atoms with van der Waals surface area (Å²) in [7, 11) is 1.60. The van der Waals surface area contributed by atoms with Crippen molar-refractivity contribution < 1.29 is 19.4 Å². The molecule has 0 fully saturated rings. The first-order valence-electron chi connectivity index (χ1n) is 6.85. The van der Waals surface area contributed by atoms with Gasteiger partial charge >= 0.3 is 5.97 Å². The fourth-order valence-corrected chi connectivity index (χ4v) is 1.96. The van der Waals surface area contributed by atoms with Crippen LogP contribution in [0.25, 0.3) is 0 Å². The summed E-state index contributed by atoms with van der Waals surface area (Å²) in [6, 6.07) is -0.620. The number of ether oxygens (including phenoxy) is 1. The molecule has 0 radical (unpaired) electrons. The number of carbonyl (C=O) groups is 2. The number of carboxylic acid groups (broad SMARTS) is 1. The van der Waals surface area contributed by atoms with E-state index in [1.54, 1.807) is 14.0 Å². The molecule has 1 aromatic rings. The quantitative estimate of drug-likeness (QED) is 0.688. The third-order valence-corrected chi connectivity index (χ3v) is 3.05. The van der Waals surface area contributed by atoms with Crippen LogP contribution in [0.3, 0.4) is 0 Å². The molecule has 2 N–H and O–H groups in total. The van der Waals surface area contributed by atoms with Crippen LogP contribution in [0.5, 0.6) is 0 Å². The number of hydrogen-bond acceptors (Lipinski definition) is 5. The van der Waals surface area contributed by atoms with Crippen LogP contribution in [-0.2, 0) is 9.53 Å². The standard InChI is InChI=1S/C13H22N4O4/c1-8(2)11-10(13(19)20)15-16-17(11)9(3)12(18)14-6-5-7-21-4/h8-9H,5-7H2,1-4H3,(H,14,18)(H,19,20). The van der Waals surface area contributed by atoms with Gasteiger partial charge in [0.15, 0.2) is 5.69 Å². The minimum Gasteiger partial charge on any atom is -0.476 e. The molecule has 0 aromatic carbocycles. The van der Waals surface area contributed by atoms with Crippen LogP contribution in [0, 0.1) is 0 Å². The molecule has 1 rings (SSSR count). The molecule has 1 unspecified atom stereocenters. The molecule has 0 aliphatic carbocycles. The molecular formula is C13H22N4O4. The van der Waals surface area contributed by atoms with Crippen LogP contribution >= 0.6 is 0 Å². The van der Waals surface area contributed by atoms with Crippen LogP contribution in [0.2, 0.25) is 0 Å². The molecule has 8 heteroatoms. The Labute approximate surface area is 123 Å². The van der Waals surface area contributed by atoms with Gasteiger partial charge in [0.25, 0.3) is 0 Å². The molecule has 1 heterocycles. The Kier molecular flexibility index (Phi) is 6.29. The number of nitrogens with one attached hydrogen (secondary N) is 1. The van der Waals surface area contributed by atoms with Gasteiger partial charge in [-0.15, -0.1) is 5.10 Å². The van der Waals surface area contributed by atoms with Crippen molar-refractivity contribution in [3.8, 4) is 0 Å². The van der Waals surface area contributed by atoms with Crippen molar-refractivity contribution in [2.45, 2.75) is 39.2 Å². The summed E-state index contributed by atoms with van der Waals surface area (Å²) in [5.41, 5.74) is 0.339. The second-order valence-electron chi connectivity index (χ2n) is 5.04. The highest BCUT2D eigenvalue weighted by molar-refractivity contribution is 5.87. The molecular weight excluding hydrogens is 276 g/mol. The van der Waals surface area contributed by atoms with Crippen LogP contribution in [0.1, 0.15) is 55.3 Å². The summed E-state index contributed by atoms with van der Waals surface area (Å²) in [6.07, 6.45) is 0.712. The van der Waals surface area contributed by atoms with Crippen molar-refractivity contribution in [3.63, 3.8) is 0 Å². The predicted octanol–water partition coefficient (Wildman–Crippen LogP) is 0.813. The maximum atomic E-state index is 12.1. The first kappa shape index (κ1) is 17.1. The molecule has 118 valence electrons. The molecule has 0 spiro atoms. The highest BCUT2D eigenvalue weighted by atomic mass is 16.5. The first-order valence-corrected chi connectivity index (χ1v) is 6.85. The fourth-order valence-electron chi connectivity index (χ4n) is 1.96. The van der Waals surface area contributed by atoms with Crippen molar-refractivity contribution in [2.75, 3.05) is 20.3 Å². The van der Waals surface area contributed by atoms with Crippen LogP contribution < -0.4 is 5.32 Å². The molecule has 1 aromatic heterocycles. The van der Waals surface area contributed by atoms with Crippen LogP contribution in [0.4, 0.5) is 0 Å². The van der Waals surface area contributed by atoms with E-state index >= 15 is 0 Å². The summed E-state index contributed by atoms with van der Waals surface area (Å²) in [4.78, 5) is 23.2. The number of hydrogen-bond donors (Lipinski definition) is 2. The number of aromatic carboxylic acids is 1. The molecule has 1 atom stereocenters. The molecule has 1 amide bonds. The summed E-state index contributed by atoms with van der Waals surface area (Å²) in [5, 5.41) is 19.4. The average Bonchev–Trinajstić information content (AvgIpc) is 2.87. The summed E-state index contributed by atoms with van der Waals surface area (Å²) in [6.45, 7) is 6.40. The van der Waals surface area contributed by atoms with Gasteiger partial charge in [0, 0.05) is 20.3 Å². The number of methoxy groups -OCH3 is 1. The summed E-state index contributed by atoms with van der Waals surface area (Å²) < 4.78 is 6.28. The normalized spacial score (nSPS) is 12.4. The van der Waals surface area contributed by atoms with Gasteiger partial charge in [-0.3, -0.25) is 4.79 Å². The van der Waals surface area contributed by atoms with Crippen molar-refractivity contribution in [1.29, 1.82) is 0 Å². The van der Waals surface area contributed by atoms with Gasteiger partial charge in [0.1, 0.15) is 6.04 Å². The second-order valence-corrected chi connectivity index (χ2v) is 5.04. The molecule has 0 aliphatic rings. The Bertz CT molecular complexity index is 498. The average molecular weight is 298 g/mol. The van der Waals surface area contributed by atoms with E-state index in [2.05, 4.69) is 15.6 Å². The first-order chi connectivity index (χ1) is 9.90. The van der Waals surface area contributed by atoms with Gasteiger partial charge in [-0.05, 0) is 19.3 Å². The van der Waals surface area contributed by atoms with Gasteiger partial charge in [-0.1, -0.05) is 19.1 Å². The molecule has 0 bridgehead atoms. The Morgan fingerprint density at radius 3 is 2.57 bits per heavy atom. The van der Waals surface area contributed by atoms with Gasteiger partial charge < -0.3 is 15.2 Å². The minimum atomic E-state index is -1.14. The maximum Gasteiger partial charge on any atom is 0.358 e. The molecule has 21 heavy (non-hydrogen) atoms. The number of aromatic nitrogens is 3. The van der Waals surface area contributed by atoms with Gasteiger partial charge in [-0.25, -0.2) is 9.48 Å². The Hall–Kier alpha value is -1.96. The van der Waals surface area contributed by atoms with Crippen LogP contribution in [-0.4, -0.2) is 52.2 Å². The highest BCUT2D eigenvalue weighted by Gasteiger charge is 2.26. The molecule has 0 saturated heterocycles. The number of nitrogens with zero attached hydrogens (tertiary/aromatic N) is 3. The summed E-state index contributed by atoms with van der Waals surface area (Å²) >= 11 is 0. The highest BCUT2D eigenvalue weighted by Crippen LogP contribution is 2.21. The van der Waals surface area contributed by atoms with E-state index in [1.165, 1.54) is 4.68 Å². The van der Waals surface area contributed by atoms with Crippen molar-refractivity contribution in [2.24, 2.45) is 0 Å². The summed E-state index contributed by atoms with van der Waals surface area (Å²) in [5.74, 6) is -1.47. The zero-order valence-corrected chi connectivity index (χ0v) is 12.8. The monoisotopic (exact) mass is 298 g/mol. The minimum absolute atomic E-state index is 0.102. The molecule has 8 nitrogen and oxygen atoms in total. The number of rotatable bonds is 8. The zero-order valence-electron chi connectivity index (χ0n) is 12.8. The van der Waals surface area contributed by atoms with Crippen molar-refractivity contribution >= 4 is 11.9 Å². The van der Waals surface area contributed by atoms with E-state index in [0.29, 0.717) is 25.3 Å². The van der Waals surface area contributed by atoms with Crippen molar-refractivity contribution in [1.82, 2.24) is 20.3 Å². The van der Waals surface area contributed by atoms with E-state index in [4.69, 9.17) is 9.84 Å². The maximum absolute atomic E-state index is 12.1. The van der Waals surface area contributed by atoms with E-state index in [9.17, 15) is 9.59 Å². The van der Waals surface area contributed by atoms with Crippen molar-refractivity contribution in [3.05, 3.63) is 11.4 Å². The fraction of sp³-hybridized carbons (Fsp3) is 0.692. The third-order valence-electron chi connectivity index (χ3n) is 3.05. The predicted molar refractivity (Wildman–Crippen MR) is 75.3 cm³/mol. The Morgan fingerprint density at radius 2 is 2.05 bits per heavy atom. The number of carbonyl (C=O) groups excluding carboxylic acids is 1. The van der Waals surface area contributed by atoms with E-state index in [0.717, 1.165) is 0 Å². The number of amides is 1. The second kappa shape index (κ2) is 7.72.